The predicted octanol–water partition coefficient (Wildman–Crippen LogP) is 2.92. The molecule has 0 aromatic carbocycles. The molecule has 0 amide bonds. The van der Waals surface area contributed by atoms with Crippen molar-refractivity contribution in [3.05, 3.63) is 0 Å². The van der Waals surface area contributed by atoms with Crippen LogP contribution in [0.3, 0.4) is 0 Å². The van der Waals surface area contributed by atoms with Crippen LogP contribution in [0.25, 0.3) is 0 Å². The van der Waals surface area contributed by atoms with E-state index in [1.807, 2.05) is 0 Å². The Morgan fingerprint density at radius 3 is 2.38 bits per heavy atom. The van der Waals surface area contributed by atoms with Gasteiger partial charge in [-0.3, -0.25) is 4.90 Å². The number of hydrogen-bond donors (Lipinski definition) is 0. The molecule has 2 atom stereocenters. The zero-order valence-electron chi connectivity index (χ0n) is 11.3. The van der Waals surface area contributed by atoms with Crippen molar-refractivity contribution in [1.82, 2.24) is 4.90 Å². The standard InChI is InChI=1S/C14H27NO/c1-5-16-13-10-12(14(13,3)4)15-8-6-11(2)7-9-15/h11-13H,5-10H2,1-4H3. The molecule has 1 saturated heterocycles. The van der Waals surface area contributed by atoms with Gasteiger partial charge < -0.3 is 4.74 Å². The third-order valence-electron chi connectivity index (χ3n) is 4.75. The summed E-state index contributed by atoms with van der Waals surface area (Å²) < 4.78 is 5.81. The maximum atomic E-state index is 5.81. The molecule has 16 heavy (non-hydrogen) atoms. The molecule has 2 rings (SSSR count). The van der Waals surface area contributed by atoms with Crippen LogP contribution >= 0.6 is 0 Å². The SMILES string of the molecule is CCOC1CC(N2CCC(C)CC2)C1(C)C. The van der Waals surface area contributed by atoms with Crippen LogP contribution in [0.2, 0.25) is 0 Å². The Bertz CT molecular complexity index is 231. The third-order valence-corrected chi connectivity index (χ3v) is 4.75. The molecular formula is C14H27NO. The summed E-state index contributed by atoms with van der Waals surface area (Å²) >= 11 is 0. The molecule has 2 unspecified atom stereocenters. The molecule has 0 aromatic heterocycles. The van der Waals surface area contributed by atoms with Crippen LogP contribution in [0.15, 0.2) is 0 Å². The predicted molar refractivity (Wildman–Crippen MR) is 67.6 cm³/mol. The van der Waals surface area contributed by atoms with Gasteiger partial charge in [0.2, 0.25) is 0 Å². The van der Waals surface area contributed by atoms with Crippen LogP contribution in [-0.4, -0.2) is 36.7 Å². The van der Waals surface area contributed by atoms with Crippen LogP contribution in [0.4, 0.5) is 0 Å². The van der Waals surface area contributed by atoms with Gasteiger partial charge in [-0.1, -0.05) is 20.8 Å². The van der Waals surface area contributed by atoms with E-state index in [1.54, 1.807) is 0 Å². The summed E-state index contributed by atoms with van der Waals surface area (Å²) in [4.78, 5) is 2.70. The Morgan fingerprint density at radius 2 is 1.88 bits per heavy atom. The van der Waals surface area contributed by atoms with Crippen molar-refractivity contribution >= 4 is 0 Å². The highest BCUT2D eigenvalue weighted by atomic mass is 16.5. The largest absolute Gasteiger partial charge is 0.378 e. The van der Waals surface area contributed by atoms with Crippen LogP contribution in [0.5, 0.6) is 0 Å². The smallest absolute Gasteiger partial charge is 0.0655 e. The van der Waals surface area contributed by atoms with Gasteiger partial charge in [0, 0.05) is 18.1 Å². The first kappa shape index (κ1) is 12.4. The minimum Gasteiger partial charge on any atom is -0.378 e. The molecule has 1 heterocycles. The van der Waals surface area contributed by atoms with Gasteiger partial charge in [0.15, 0.2) is 0 Å². The van der Waals surface area contributed by atoms with Gasteiger partial charge in [0.05, 0.1) is 6.10 Å². The van der Waals surface area contributed by atoms with Crippen molar-refractivity contribution < 1.29 is 4.74 Å². The van der Waals surface area contributed by atoms with Crippen molar-refractivity contribution in [3.8, 4) is 0 Å². The molecule has 0 bridgehead atoms. The minimum absolute atomic E-state index is 0.358. The Morgan fingerprint density at radius 1 is 1.25 bits per heavy atom. The Labute approximate surface area is 100 Å². The summed E-state index contributed by atoms with van der Waals surface area (Å²) in [5.41, 5.74) is 0.358. The molecule has 0 aromatic rings. The van der Waals surface area contributed by atoms with E-state index in [0.717, 1.165) is 18.6 Å². The molecule has 94 valence electrons. The minimum atomic E-state index is 0.358. The summed E-state index contributed by atoms with van der Waals surface area (Å²) in [5, 5.41) is 0. The summed E-state index contributed by atoms with van der Waals surface area (Å²) in [6, 6.07) is 0.761. The van der Waals surface area contributed by atoms with Crippen molar-refractivity contribution in [2.45, 2.75) is 59.1 Å². The lowest BCUT2D eigenvalue weighted by Crippen LogP contribution is -2.63. The van der Waals surface area contributed by atoms with E-state index in [0.29, 0.717) is 11.5 Å². The summed E-state index contributed by atoms with van der Waals surface area (Å²) in [5.74, 6) is 0.933. The fourth-order valence-corrected chi connectivity index (χ4v) is 3.31. The lowest BCUT2D eigenvalue weighted by atomic mass is 9.63. The summed E-state index contributed by atoms with van der Waals surface area (Å²) in [7, 11) is 0. The van der Waals surface area contributed by atoms with Gasteiger partial charge in [-0.2, -0.15) is 0 Å². The second-order valence-corrected chi connectivity index (χ2v) is 6.24. The Hall–Kier alpha value is -0.0800. The average Bonchev–Trinajstić information content (AvgIpc) is 2.26. The molecule has 0 N–H and O–H groups in total. The molecule has 2 nitrogen and oxygen atoms in total. The highest BCUT2D eigenvalue weighted by Gasteiger charge is 2.51. The molecule has 1 aliphatic heterocycles. The fraction of sp³-hybridized carbons (Fsp3) is 1.00. The van der Waals surface area contributed by atoms with E-state index >= 15 is 0 Å². The van der Waals surface area contributed by atoms with Gasteiger partial charge in [0.25, 0.3) is 0 Å². The fourth-order valence-electron chi connectivity index (χ4n) is 3.31. The molecule has 2 aliphatic rings. The van der Waals surface area contributed by atoms with Crippen molar-refractivity contribution in [1.29, 1.82) is 0 Å². The van der Waals surface area contributed by atoms with E-state index in [4.69, 9.17) is 4.74 Å². The highest BCUT2D eigenvalue weighted by Crippen LogP contribution is 2.46. The average molecular weight is 225 g/mol. The molecule has 1 saturated carbocycles. The number of hydrogen-bond acceptors (Lipinski definition) is 2. The van der Waals surface area contributed by atoms with Crippen LogP contribution in [-0.2, 0) is 4.74 Å². The summed E-state index contributed by atoms with van der Waals surface area (Å²) in [6.07, 6.45) is 4.49. The number of rotatable bonds is 3. The van der Waals surface area contributed by atoms with Crippen LogP contribution < -0.4 is 0 Å². The quantitative estimate of drug-likeness (QED) is 0.732. The molecule has 2 fully saturated rings. The number of nitrogens with zero attached hydrogens (tertiary/aromatic N) is 1. The van der Waals surface area contributed by atoms with E-state index in [1.165, 1.54) is 32.4 Å². The van der Waals surface area contributed by atoms with Crippen LogP contribution in [0, 0.1) is 11.3 Å². The molecule has 0 radical (unpaired) electrons. The van der Waals surface area contributed by atoms with Crippen molar-refractivity contribution in [3.63, 3.8) is 0 Å². The first-order valence-corrected chi connectivity index (χ1v) is 6.91. The highest BCUT2D eigenvalue weighted by molar-refractivity contribution is 5.04. The molecular weight excluding hydrogens is 198 g/mol. The maximum Gasteiger partial charge on any atom is 0.0655 e. The molecule has 2 heteroatoms. The normalized spacial score (nSPS) is 36.0. The number of ether oxygens (including phenoxy) is 1. The lowest BCUT2D eigenvalue weighted by Gasteiger charge is -2.57. The van der Waals surface area contributed by atoms with E-state index < -0.39 is 0 Å². The second kappa shape index (κ2) is 4.66. The Balaban J connectivity index is 1.88. The van der Waals surface area contributed by atoms with Gasteiger partial charge in [-0.05, 0) is 45.2 Å². The lowest BCUT2D eigenvalue weighted by molar-refractivity contribution is -0.153. The number of likely N-dealkylation sites (tertiary alicyclic amines) is 1. The second-order valence-electron chi connectivity index (χ2n) is 6.24. The molecule has 1 aliphatic carbocycles. The van der Waals surface area contributed by atoms with Crippen molar-refractivity contribution in [2.24, 2.45) is 11.3 Å². The van der Waals surface area contributed by atoms with Gasteiger partial charge >= 0.3 is 0 Å². The van der Waals surface area contributed by atoms with Gasteiger partial charge in [0.1, 0.15) is 0 Å². The Kier molecular flexibility index (Phi) is 3.60. The zero-order chi connectivity index (χ0) is 11.8. The summed E-state index contributed by atoms with van der Waals surface area (Å²) in [6.45, 7) is 12.7. The first-order valence-electron chi connectivity index (χ1n) is 6.91. The maximum absolute atomic E-state index is 5.81. The van der Waals surface area contributed by atoms with E-state index in [2.05, 4.69) is 32.6 Å². The number of piperidine rings is 1. The van der Waals surface area contributed by atoms with Gasteiger partial charge in [-0.25, -0.2) is 0 Å². The monoisotopic (exact) mass is 225 g/mol. The van der Waals surface area contributed by atoms with E-state index in [9.17, 15) is 0 Å². The van der Waals surface area contributed by atoms with E-state index in [-0.39, 0.29) is 0 Å². The third kappa shape index (κ3) is 2.14. The van der Waals surface area contributed by atoms with Crippen LogP contribution in [0.1, 0.15) is 47.0 Å². The van der Waals surface area contributed by atoms with Crippen molar-refractivity contribution in [2.75, 3.05) is 19.7 Å². The first-order chi connectivity index (χ1) is 7.55. The topological polar surface area (TPSA) is 12.5 Å². The van der Waals surface area contributed by atoms with Gasteiger partial charge in [-0.15, -0.1) is 0 Å². The zero-order valence-corrected chi connectivity index (χ0v) is 11.3. The molecule has 0 spiro atoms.